The number of nitrogens with zero attached hydrogens (tertiary/aromatic N) is 2. The quantitative estimate of drug-likeness (QED) is 0.331. The average molecular weight is 459 g/mol. The summed E-state index contributed by atoms with van der Waals surface area (Å²) in [5, 5.41) is 5.63. The molecule has 0 aliphatic heterocycles. The highest BCUT2D eigenvalue weighted by Gasteiger charge is 2.25. The highest BCUT2D eigenvalue weighted by molar-refractivity contribution is 7.99. The Bertz CT molecular complexity index is 949. The van der Waals surface area contributed by atoms with Crippen LogP contribution in [0.2, 0.25) is 0 Å². The van der Waals surface area contributed by atoms with E-state index in [4.69, 9.17) is 4.74 Å². The van der Waals surface area contributed by atoms with Crippen LogP contribution in [0.3, 0.4) is 0 Å². The lowest BCUT2D eigenvalue weighted by Crippen LogP contribution is -2.45. The number of aromatic nitrogens is 2. The molecule has 0 radical (unpaired) electrons. The van der Waals surface area contributed by atoms with Crippen molar-refractivity contribution in [1.82, 2.24) is 14.9 Å². The molecule has 172 valence electrons. The van der Waals surface area contributed by atoms with Crippen molar-refractivity contribution in [2.75, 3.05) is 31.3 Å². The van der Waals surface area contributed by atoms with Crippen molar-refractivity contribution in [3.8, 4) is 0 Å². The first-order valence-electron chi connectivity index (χ1n) is 10.4. The third-order valence-electron chi connectivity index (χ3n) is 4.73. The molecule has 2 N–H and O–H groups in total. The monoisotopic (exact) mass is 458 g/mol. The normalized spacial score (nSPS) is 12.6. The van der Waals surface area contributed by atoms with Crippen LogP contribution in [0.15, 0.2) is 60.2 Å². The smallest absolute Gasteiger partial charge is 0.294 e. The van der Waals surface area contributed by atoms with Crippen molar-refractivity contribution < 1.29 is 14.3 Å². The van der Waals surface area contributed by atoms with E-state index in [1.807, 2.05) is 30.3 Å². The van der Waals surface area contributed by atoms with Gasteiger partial charge in [0.25, 0.3) is 5.56 Å². The predicted molar refractivity (Wildman–Crippen MR) is 128 cm³/mol. The predicted octanol–water partition coefficient (Wildman–Crippen LogP) is 2.43. The first-order valence-corrected chi connectivity index (χ1v) is 11.5. The zero-order valence-electron chi connectivity index (χ0n) is 18.5. The molecule has 32 heavy (non-hydrogen) atoms. The zero-order chi connectivity index (χ0) is 23.3. The second kappa shape index (κ2) is 13.5. The van der Waals surface area contributed by atoms with Crippen LogP contribution in [0.5, 0.6) is 0 Å². The summed E-state index contributed by atoms with van der Waals surface area (Å²) in [5.41, 5.74) is 0.716. The van der Waals surface area contributed by atoms with Crippen molar-refractivity contribution in [2.24, 2.45) is 0 Å². The third-order valence-corrected chi connectivity index (χ3v) is 5.75. The van der Waals surface area contributed by atoms with Gasteiger partial charge in [0, 0.05) is 31.8 Å². The van der Waals surface area contributed by atoms with E-state index in [-0.39, 0.29) is 17.4 Å². The Morgan fingerprint density at radius 1 is 1.31 bits per heavy atom. The van der Waals surface area contributed by atoms with Crippen LogP contribution in [0.4, 0.5) is 5.82 Å². The second-order valence-electron chi connectivity index (χ2n) is 7.00. The van der Waals surface area contributed by atoms with Crippen molar-refractivity contribution in [3.05, 3.63) is 71.3 Å². The number of ether oxygens (including phenoxy) is 1. The Hall–Kier alpha value is -2.91. The van der Waals surface area contributed by atoms with Crippen LogP contribution >= 0.6 is 11.8 Å². The maximum absolute atomic E-state index is 12.9. The summed E-state index contributed by atoms with van der Waals surface area (Å²) in [6, 6.07) is 8.25. The molecule has 8 nitrogen and oxygen atoms in total. The minimum atomic E-state index is -0.823. The van der Waals surface area contributed by atoms with Gasteiger partial charge in [-0.1, -0.05) is 43.3 Å². The number of anilines is 1. The van der Waals surface area contributed by atoms with Gasteiger partial charge in [-0.3, -0.25) is 19.0 Å². The minimum Gasteiger partial charge on any atom is -0.383 e. The molecule has 2 rings (SSSR count). The van der Waals surface area contributed by atoms with Crippen molar-refractivity contribution in [1.29, 1.82) is 0 Å². The summed E-state index contributed by atoms with van der Waals surface area (Å²) in [6.07, 6.45) is 4.72. The molecule has 1 amide bonds. The van der Waals surface area contributed by atoms with E-state index in [2.05, 4.69) is 22.2 Å². The Labute approximate surface area is 192 Å². The fourth-order valence-corrected chi connectivity index (χ4v) is 3.94. The zero-order valence-corrected chi connectivity index (χ0v) is 19.3. The summed E-state index contributed by atoms with van der Waals surface area (Å²) in [6.45, 7) is 6.32. The van der Waals surface area contributed by atoms with Crippen molar-refractivity contribution in [2.45, 2.75) is 31.2 Å². The van der Waals surface area contributed by atoms with Crippen molar-refractivity contribution >= 4 is 29.3 Å². The van der Waals surface area contributed by atoms with Gasteiger partial charge in [0.15, 0.2) is 11.6 Å². The molecule has 2 atom stereocenters. The maximum Gasteiger partial charge on any atom is 0.294 e. The summed E-state index contributed by atoms with van der Waals surface area (Å²) in [5.74, 6) is 0.520. The fourth-order valence-electron chi connectivity index (χ4n) is 3.03. The lowest BCUT2D eigenvalue weighted by atomic mass is 10.1. The number of carbonyl (C=O) groups is 2. The number of Topliss-reactive ketones (excluding diaryl/α,β-unsaturated/α-hetero) is 1. The van der Waals surface area contributed by atoms with Crippen LogP contribution in [0.1, 0.15) is 24.9 Å². The first kappa shape index (κ1) is 25.4. The molecule has 0 saturated carbocycles. The molecule has 1 heterocycles. The van der Waals surface area contributed by atoms with Crippen LogP contribution in [0.25, 0.3) is 0 Å². The number of rotatable bonds is 14. The highest BCUT2D eigenvalue weighted by atomic mass is 32.2. The Balaban J connectivity index is 2.01. The standard InChI is InChI=1S/C23H30N4O4S/c1-4-18(20(28)16-32-15-17-9-7-6-8-10-17)26-22(29)19(5-2)27-13-11-24-21(23(27)30)25-12-14-31-3/h4,6-11,13,18-19H,1,5,12,14-16H2,2-3H3,(H,24,25)(H,26,29)/t18-,19?/m0/s1. The molecular formula is C23H30N4O4S. The number of carbonyl (C=O) groups excluding carboxylic acids is 2. The van der Waals surface area contributed by atoms with Gasteiger partial charge in [-0.2, -0.15) is 0 Å². The minimum absolute atomic E-state index is 0.143. The molecule has 0 saturated heterocycles. The number of hydrogen-bond donors (Lipinski definition) is 2. The van der Waals surface area contributed by atoms with Crippen LogP contribution < -0.4 is 16.2 Å². The molecule has 0 spiro atoms. The molecule has 0 bridgehead atoms. The van der Waals surface area contributed by atoms with E-state index in [9.17, 15) is 14.4 Å². The lowest BCUT2D eigenvalue weighted by molar-refractivity contribution is -0.128. The number of methoxy groups -OCH3 is 1. The molecule has 0 fully saturated rings. The number of ketones is 1. The number of hydrogen-bond acceptors (Lipinski definition) is 7. The van der Waals surface area contributed by atoms with E-state index >= 15 is 0 Å². The van der Waals surface area contributed by atoms with Gasteiger partial charge in [-0.15, -0.1) is 18.3 Å². The van der Waals surface area contributed by atoms with Gasteiger partial charge in [0.05, 0.1) is 12.4 Å². The average Bonchev–Trinajstić information content (AvgIpc) is 2.80. The Morgan fingerprint density at radius 2 is 2.06 bits per heavy atom. The molecule has 0 aliphatic carbocycles. The van der Waals surface area contributed by atoms with Gasteiger partial charge in [-0.05, 0) is 12.0 Å². The van der Waals surface area contributed by atoms with E-state index in [0.717, 1.165) is 5.56 Å². The van der Waals surface area contributed by atoms with Gasteiger partial charge in [-0.25, -0.2) is 4.98 Å². The lowest BCUT2D eigenvalue weighted by Gasteiger charge is -2.21. The molecule has 1 aromatic carbocycles. The van der Waals surface area contributed by atoms with E-state index in [0.29, 0.717) is 25.3 Å². The SMILES string of the molecule is C=C[C@H](NC(=O)C(CC)n1ccnc(NCCOC)c1=O)C(=O)CSCc1ccccc1. The molecular weight excluding hydrogens is 428 g/mol. The Morgan fingerprint density at radius 3 is 2.72 bits per heavy atom. The van der Waals surface area contributed by atoms with E-state index in [1.165, 1.54) is 34.8 Å². The molecule has 0 aliphatic rings. The van der Waals surface area contributed by atoms with E-state index in [1.54, 1.807) is 14.0 Å². The highest BCUT2D eigenvalue weighted by Crippen LogP contribution is 2.14. The number of nitrogens with one attached hydrogen (secondary N) is 2. The largest absolute Gasteiger partial charge is 0.383 e. The summed E-state index contributed by atoms with van der Waals surface area (Å²) in [4.78, 5) is 42.3. The number of thioether (sulfide) groups is 1. The van der Waals surface area contributed by atoms with Crippen LogP contribution in [0, 0.1) is 0 Å². The van der Waals surface area contributed by atoms with Gasteiger partial charge >= 0.3 is 0 Å². The number of amides is 1. The summed E-state index contributed by atoms with van der Waals surface area (Å²) < 4.78 is 6.29. The topological polar surface area (TPSA) is 102 Å². The fraction of sp³-hybridized carbons (Fsp3) is 0.391. The molecule has 2 aromatic rings. The second-order valence-corrected chi connectivity index (χ2v) is 7.98. The van der Waals surface area contributed by atoms with Gasteiger partial charge < -0.3 is 15.4 Å². The first-order chi connectivity index (χ1) is 15.5. The maximum atomic E-state index is 12.9. The van der Waals surface area contributed by atoms with Gasteiger partial charge in [0.1, 0.15) is 12.1 Å². The third kappa shape index (κ3) is 7.35. The van der Waals surface area contributed by atoms with E-state index < -0.39 is 23.6 Å². The Kier molecular flexibility index (Phi) is 10.7. The molecule has 1 aromatic heterocycles. The molecule has 1 unspecified atom stereocenters. The summed E-state index contributed by atoms with van der Waals surface area (Å²) >= 11 is 1.48. The number of benzene rings is 1. The van der Waals surface area contributed by atoms with Crippen molar-refractivity contribution in [3.63, 3.8) is 0 Å². The van der Waals surface area contributed by atoms with Crippen LogP contribution in [-0.4, -0.2) is 53.3 Å². The summed E-state index contributed by atoms with van der Waals surface area (Å²) in [7, 11) is 1.56. The van der Waals surface area contributed by atoms with Crippen LogP contribution in [-0.2, 0) is 20.1 Å². The van der Waals surface area contributed by atoms with Gasteiger partial charge in [0.2, 0.25) is 5.91 Å². The molecule has 9 heteroatoms.